The van der Waals surface area contributed by atoms with Crippen LogP contribution in [0.25, 0.3) is 10.8 Å². The molecule has 7 rings (SSSR count). The number of hydrogen-bond donors (Lipinski definition) is 2. The highest BCUT2D eigenvalue weighted by atomic mass is 16.3. The molecule has 4 nitrogen and oxygen atoms in total. The van der Waals surface area contributed by atoms with Gasteiger partial charge in [-0.2, -0.15) is 0 Å². The Hall–Kier alpha value is -1.75. The molecular weight excluding hydrogens is 420 g/mol. The second-order valence-corrected chi connectivity index (χ2v) is 12.2. The predicted octanol–water partition coefficient (Wildman–Crippen LogP) is 5.05. The smallest absolute Gasteiger partial charge is 0.0887 e. The number of hydrogen-bond acceptors (Lipinski definition) is 4. The summed E-state index contributed by atoms with van der Waals surface area (Å²) in [7, 11) is 0. The van der Waals surface area contributed by atoms with Crippen molar-refractivity contribution in [3.8, 4) is 0 Å². The van der Waals surface area contributed by atoms with Crippen LogP contribution >= 0.6 is 0 Å². The Bertz CT molecular complexity index is 1110. The van der Waals surface area contributed by atoms with Crippen molar-refractivity contribution in [3.63, 3.8) is 0 Å². The van der Waals surface area contributed by atoms with Crippen LogP contribution < -0.4 is 0 Å². The molecule has 2 N–H and O–H groups in total. The van der Waals surface area contributed by atoms with E-state index < -0.39 is 5.60 Å². The number of fused-ring (bicyclic) bond motifs is 5. The molecule has 4 fully saturated rings. The molecule has 2 aromatic rings. The standard InChI is InChI=1S/C30H38N2O2/c33-26-17-32(18-26)25-5-3-20-14-24-4-6-28-27(22-2-1-19-10-12-31-16-23(19)13-22)7-8-29(28)30(24,34)11-9-21(20)15-25/h1-2,4,10,12-13,16,20-21,25-29,33-34H,3,5-9,11,14-15,17-18H2/t20?,21?,25?,27?,28?,29?,30-/m1/s1. The molecule has 1 aliphatic heterocycles. The third-order valence-electron chi connectivity index (χ3n) is 10.6. The second kappa shape index (κ2) is 8.15. The van der Waals surface area contributed by atoms with Crippen molar-refractivity contribution in [2.75, 3.05) is 13.1 Å². The zero-order valence-corrected chi connectivity index (χ0v) is 20.1. The first-order chi connectivity index (χ1) is 16.6. The van der Waals surface area contributed by atoms with E-state index in [0.29, 0.717) is 23.8 Å². The van der Waals surface area contributed by atoms with Crippen molar-refractivity contribution in [1.29, 1.82) is 0 Å². The third-order valence-corrected chi connectivity index (χ3v) is 10.6. The molecule has 1 saturated heterocycles. The fourth-order valence-electron chi connectivity index (χ4n) is 8.77. The zero-order chi connectivity index (χ0) is 22.9. The molecule has 0 spiro atoms. The van der Waals surface area contributed by atoms with Gasteiger partial charge in [0.15, 0.2) is 0 Å². The van der Waals surface area contributed by atoms with Crippen molar-refractivity contribution >= 4 is 10.8 Å². The largest absolute Gasteiger partial charge is 0.390 e. The fraction of sp³-hybridized carbons (Fsp3) is 0.633. The maximum atomic E-state index is 12.3. The summed E-state index contributed by atoms with van der Waals surface area (Å²) in [6, 6.07) is 9.68. The normalized spacial score (nSPS) is 40.6. The van der Waals surface area contributed by atoms with Crippen LogP contribution in [0.15, 0.2) is 48.3 Å². The van der Waals surface area contributed by atoms with Crippen molar-refractivity contribution in [2.45, 2.75) is 81.5 Å². The predicted molar refractivity (Wildman–Crippen MR) is 134 cm³/mol. The lowest BCUT2D eigenvalue weighted by Gasteiger charge is -2.47. The number of rotatable bonds is 2. The lowest BCUT2D eigenvalue weighted by atomic mass is 9.65. The zero-order valence-electron chi connectivity index (χ0n) is 20.1. The molecule has 34 heavy (non-hydrogen) atoms. The average molecular weight is 459 g/mol. The molecule has 2 heterocycles. The minimum absolute atomic E-state index is 0.105. The Balaban J connectivity index is 1.11. The third kappa shape index (κ3) is 3.40. The van der Waals surface area contributed by atoms with E-state index in [0.717, 1.165) is 50.6 Å². The summed E-state index contributed by atoms with van der Waals surface area (Å²) in [6.07, 6.45) is 16.8. The van der Waals surface area contributed by atoms with E-state index in [9.17, 15) is 10.2 Å². The average Bonchev–Trinajstić information content (AvgIpc) is 3.22. The molecule has 4 aliphatic carbocycles. The molecule has 4 heteroatoms. The SMILES string of the molecule is OC1CN(C2CCC3CC4=CCC5C(c6ccc7ccncc7c6)CCC5[C@@]4(O)CCC3C2)C1. The lowest BCUT2D eigenvalue weighted by molar-refractivity contribution is -0.0455. The Morgan fingerprint density at radius 2 is 1.88 bits per heavy atom. The summed E-state index contributed by atoms with van der Waals surface area (Å²) in [5.74, 6) is 2.98. The van der Waals surface area contributed by atoms with E-state index in [1.807, 2.05) is 12.4 Å². The highest BCUT2D eigenvalue weighted by Gasteiger charge is 2.54. The van der Waals surface area contributed by atoms with Gasteiger partial charge in [-0.3, -0.25) is 9.88 Å². The van der Waals surface area contributed by atoms with Gasteiger partial charge in [0.1, 0.15) is 0 Å². The van der Waals surface area contributed by atoms with Gasteiger partial charge >= 0.3 is 0 Å². The summed E-state index contributed by atoms with van der Waals surface area (Å²) >= 11 is 0. The number of likely N-dealkylation sites (tertiary alicyclic amines) is 1. The molecule has 5 aliphatic rings. The maximum absolute atomic E-state index is 12.3. The first kappa shape index (κ1) is 21.5. The van der Waals surface area contributed by atoms with Crippen molar-refractivity contribution < 1.29 is 10.2 Å². The van der Waals surface area contributed by atoms with Gasteiger partial charge in [-0.15, -0.1) is 0 Å². The minimum Gasteiger partial charge on any atom is -0.390 e. The number of nitrogens with zero attached hydrogens (tertiary/aromatic N) is 2. The number of allylic oxidation sites excluding steroid dienone is 1. The van der Waals surface area contributed by atoms with Crippen LogP contribution in [0.2, 0.25) is 0 Å². The molecule has 0 radical (unpaired) electrons. The summed E-state index contributed by atoms with van der Waals surface area (Å²) in [6.45, 7) is 1.74. The highest BCUT2D eigenvalue weighted by molar-refractivity contribution is 5.82. The number of β-amino-alcohol motifs (C(OH)–C–C–N with tert-alkyl or cyclic N) is 1. The molecule has 0 amide bonds. The Labute approximate surface area is 203 Å². The van der Waals surface area contributed by atoms with Crippen LogP contribution in [0.5, 0.6) is 0 Å². The molecule has 1 aromatic carbocycles. The van der Waals surface area contributed by atoms with Gasteiger partial charge in [-0.1, -0.05) is 18.2 Å². The fourth-order valence-corrected chi connectivity index (χ4v) is 8.77. The first-order valence-corrected chi connectivity index (χ1v) is 13.8. The van der Waals surface area contributed by atoms with E-state index in [4.69, 9.17) is 0 Å². The van der Waals surface area contributed by atoms with Gasteiger partial charge in [-0.25, -0.2) is 0 Å². The van der Waals surface area contributed by atoms with Crippen LogP contribution in [0.3, 0.4) is 0 Å². The van der Waals surface area contributed by atoms with Crippen LogP contribution in [0.1, 0.15) is 69.3 Å². The van der Waals surface area contributed by atoms with Gasteiger partial charge < -0.3 is 10.2 Å². The van der Waals surface area contributed by atoms with Gasteiger partial charge in [0, 0.05) is 36.9 Å². The number of aliphatic hydroxyl groups excluding tert-OH is 1. The number of benzene rings is 1. The second-order valence-electron chi connectivity index (χ2n) is 12.2. The summed E-state index contributed by atoms with van der Waals surface area (Å²) in [5.41, 5.74) is 2.24. The Kier molecular flexibility index (Phi) is 5.16. The van der Waals surface area contributed by atoms with Crippen molar-refractivity contribution in [3.05, 3.63) is 53.9 Å². The minimum atomic E-state index is -0.587. The summed E-state index contributed by atoms with van der Waals surface area (Å²) in [5, 5.41) is 24.5. The number of pyridine rings is 1. The molecule has 6 unspecified atom stereocenters. The van der Waals surface area contributed by atoms with E-state index in [2.05, 4.69) is 40.2 Å². The molecule has 0 bridgehead atoms. The van der Waals surface area contributed by atoms with E-state index in [-0.39, 0.29) is 6.10 Å². The highest BCUT2D eigenvalue weighted by Crippen LogP contribution is 2.58. The summed E-state index contributed by atoms with van der Waals surface area (Å²) in [4.78, 5) is 6.84. The van der Waals surface area contributed by atoms with Gasteiger partial charge in [0.25, 0.3) is 0 Å². The van der Waals surface area contributed by atoms with Crippen molar-refractivity contribution in [2.24, 2.45) is 23.7 Å². The molecular formula is C30H38N2O2. The topological polar surface area (TPSA) is 56.6 Å². The monoisotopic (exact) mass is 458 g/mol. The van der Waals surface area contributed by atoms with Crippen molar-refractivity contribution in [1.82, 2.24) is 9.88 Å². The Morgan fingerprint density at radius 1 is 0.971 bits per heavy atom. The van der Waals surface area contributed by atoms with Crippen LogP contribution in [-0.2, 0) is 0 Å². The molecule has 3 saturated carbocycles. The maximum Gasteiger partial charge on any atom is 0.0887 e. The van der Waals surface area contributed by atoms with Gasteiger partial charge in [-0.05, 0) is 116 Å². The van der Waals surface area contributed by atoms with Gasteiger partial charge in [0.2, 0.25) is 0 Å². The Morgan fingerprint density at radius 3 is 2.76 bits per heavy atom. The number of aliphatic hydroxyl groups is 2. The first-order valence-electron chi connectivity index (χ1n) is 13.8. The van der Waals surface area contributed by atoms with E-state index >= 15 is 0 Å². The summed E-state index contributed by atoms with van der Waals surface area (Å²) < 4.78 is 0. The van der Waals surface area contributed by atoms with Crippen LogP contribution in [-0.4, -0.2) is 50.9 Å². The quantitative estimate of drug-likeness (QED) is 0.619. The van der Waals surface area contributed by atoms with E-state index in [1.165, 1.54) is 54.0 Å². The number of aromatic nitrogens is 1. The van der Waals surface area contributed by atoms with Crippen LogP contribution in [0.4, 0.5) is 0 Å². The molecule has 7 atom stereocenters. The molecule has 180 valence electrons. The lowest BCUT2D eigenvalue weighted by Crippen LogP contribution is -2.56. The van der Waals surface area contributed by atoms with E-state index in [1.54, 1.807) is 0 Å². The molecule has 1 aromatic heterocycles. The van der Waals surface area contributed by atoms with Gasteiger partial charge in [0.05, 0.1) is 11.7 Å². The van der Waals surface area contributed by atoms with Crippen LogP contribution in [0, 0.1) is 23.7 Å².